The van der Waals surface area contributed by atoms with Crippen molar-refractivity contribution in [1.29, 1.82) is 0 Å². The maximum atomic E-state index is 12.3. The Kier molecular flexibility index (Phi) is 5.76. The number of likely N-dealkylation sites (N-methyl/N-ethyl adjacent to an activating group) is 1. The van der Waals surface area contributed by atoms with Gasteiger partial charge in [0.25, 0.3) is 0 Å². The number of nitrogens with one attached hydrogen (secondary N) is 1. The summed E-state index contributed by atoms with van der Waals surface area (Å²) in [6.07, 6.45) is 0.382. The van der Waals surface area contributed by atoms with Gasteiger partial charge in [-0.2, -0.15) is 0 Å². The number of hydrogen-bond donors (Lipinski definition) is 1. The summed E-state index contributed by atoms with van der Waals surface area (Å²) in [6, 6.07) is 14.1. The average Bonchev–Trinajstić information content (AvgIpc) is 2.59. The highest BCUT2D eigenvalue weighted by Gasteiger charge is 2.15. The number of nitrogens with zero attached hydrogens (tertiary/aromatic N) is 2. The molecule has 132 valence electrons. The zero-order chi connectivity index (χ0) is 17.8. The van der Waals surface area contributed by atoms with Crippen LogP contribution in [0.15, 0.2) is 46.9 Å². The Balaban J connectivity index is 1.62. The minimum atomic E-state index is 0.0118. The third-order valence-electron chi connectivity index (χ3n) is 4.63. The van der Waals surface area contributed by atoms with Crippen LogP contribution in [0.3, 0.4) is 0 Å². The summed E-state index contributed by atoms with van der Waals surface area (Å²) >= 11 is 3.41. The Morgan fingerprint density at radius 2 is 1.76 bits per heavy atom. The van der Waals surface area contributed by atoms with Gasteiger partial charge in [0.15, 0.2) is 0 Å². The second-order valence-electron chi connectivity index (χ2n) is 6.64. The number of piperazine rings is 1. The molecule has 1 amide bonds. The van der Waals surface area contributed by atoms with Crippen molar-refractivity contribution in [2.24, 2.45) is 0 Å². The minimum absolute atomic E-state index is 0.0118. The Bertz CT molecular complexity index is 737. The van der Waals surface area contributed by atoms with Crippen LogP contribution < -0.4 is 10.2 Å². The Morgan fingerprint density at radius 1 is 1.08 bits per heavy atom. The van der Waals surface area contributed by atoms with Gasteiger partial charge in [-0.1, -0.05) is 28.1 Å². The monoisotopic (exact) mass is 401 g/mol. The van der Waals surface area contributed by atoms with Crippen LogP contribution in [-0.2, 0) is 11.2 Å². The van der Waals surface area contributed by atoms with E-state index in [1.165, 1.54) is 5.69 Å². The first-order valence-corrected chi connectivity index (χ1v) is 9.39. The van der Waals surface area contributed by atoms with Gasteiger partial charge in [-0.3, -0.25) is 4.79 Å². The van der Waals surface area contributed by atoms with E-state index in [4.69, 9.17) is 0 Å². The highest BCUT2D eigenvalue weighted by atomic mass is 79.9. The molecule has 0 unspecified atom stereocenters. The largest absolute Gasteiger partial charge is 0.369 e. The number of benzene rings is 2. The van der Waals surface area contributed by atoms with Crippen molar-refractivity contribution in [3.63, 3.8) is 0 Å². The molecule has 4 nitrogen and oxygen atoms in total. The lowest BCUT2D eigenvalue weighted by molar-refractivity contribution is -0.115. The van der Waals surface area contributed by atoms with Crippen LogP contribution in [0, 0.1) is 6.92 Å². The number of rotatable bonds is 4. The summed E-state index contributed by atoms with van der Waals surface area (Å²) in [5.41, 5.74) is 4.23. The van der Waals surface area contributed by atoms with Crippen molar-refractivity contribution in [2.45, 2.75) is 13.3 Å². The number of carbonyl (C=O) groups is 1. The molecule has 5 heteroatoms. The summed E-state index contributed by atoms with van der Waals surface area (Å²) in [4.78, 5) is 17.1. The van der Waals surface area contributed by atoms with E-state index >= 15 is 0 Å². The SMILES string of the molecule is Cc1cc(N2CCN(C)CC2)ccc1NC(=O)Cc1ccc(Br)cc1. The predicted molar refractivity (Wildman–Crippen MR) is 107 cm³/mol. The molecule has 0 aliphatic carbocycles. The summed E-state index contributed by atoms with van der Waals surface area (Å²) in [5.74, 6) is 0.0118. The van der Waals surface area contributed by atoms with Crippen LogP contribution in [0.1, 0.15) is 11.1 Å². The fraction of sp³-hybridized carbons (Fsp3) is 0.350. The molecule has 1 aliphatic heterocycles. The van der Waals surface area contributed by atoms with Crippen molar-refractivity contribution in [1.82, 2.24) is 4.90 Å². The third-order valence-corrected chi connectivity index (χ3v) is 5.16. The van der Waals surface area contributed by atoms with Gasteiger partial charge in [-0.25, -0.2) is 0 Å². The molecule has 1 heterocycles. The van der Waals surface area contributed by atoms with E-state index in [1.54, 1.807) is 0 Å². The van der Waals surface area contributed by atoms with Gasteiger partial charge < -0.3 is 15.1 Å². The molecule has 1 fully saturated rings. The molecule has 0 aromatic heterocycles. The number of halogens is 1. The molecule has 0 bridgehead atoms. The zero-order valence-corrected chi connectivity index (χ0v) is 16.3. The maximum Gasteiger partial charge on any atom is 0.228 e. The standard InChI is InChI=1S/C20H24BrN3O/c1-15-13-18(24-11-9-23(2)10-12-24)7-8-19(15)22-20(25)14-16-3-5-17(21)6-4-16/h3-8,13H,9-12,14H2,1-2H3,(H,22,25). The van der Waals surface area contributed by atoms with E-state index in [-0.39, 0.29) is 5.91 Å². The van der Waals surface area contributed by atoms with Crippen molar-refractivity contribution in [2.75, 3.05) is 43.4 Å². The van der Waals surface area contributed by atoms with Gasteiger partial charge in [0.2, 0.25) is 5.91 Å². The quantitative estimate of drug-likeness (QED) is 0.848. The third kappa shape index (κ3) is 4.83. The van der Waals surface area contributed by atoms with Gasteiger partial charge in [0, 0.05) is 42.0 Å². The van der Waals surface area contributed by atoms with Gasteiger partial charge in [-0.05, 0) is 55.4 Å². The van der Waals surface area contributed by atoms with E-state index in [2.05, 4.69) is 57.2 Å². The Labute approximate surface area is 158 Å². The summed E-state index contributed by atoms with van der Waals surface area (Å²) in [5, 5.41) is 3.03. The molecule has 0 spiro atoms. The smallest absolute Gasteiger partial charge is 0.228 e. The molecular formula is C20H24BrN3O. The number of carbonyl (C=O) groups excluding carboxylic acids is 1. The zero-order valence-electron chi connectivity index (χ0n) is 14.8. The lowest BCUT2D eigenvalue weighted by Crippen LogP contribution is -2.44. The van der Waals surface area contributed by atoms with Crippen LogP contribution in [0.2, 0.25) is 0 Å². The molecule has 1 N–H and O–H groups in total. The molecule has 1 aliphatic rings. The minimum Gasteiger partial charge on any atom is -0.369 e. The average molecular weight is 402 g/mol. The summed E-state index contributed by atoms with van der Waals surface area (Å²) in [6.45, 7) is 6.32. The summed E-state index contributed by atoms with van der Waals surface area (Å²) < 4.78 is 1.02. The highest BCUT2D eigenvalue weighted by molar-refractivity contribution is 9.10. The molecule has 0 radical (unpaired) electrons. The van der Waals surface area contributed by atoms with Crippen LogP contribution >= 0.6 is 15.9 Å². The van der Waals surface area contributed by atoms with Crippen LogP contribution in [-0.4, -0.2) is 44.0 Å². The molecule has 2 aromatic carbocycles. The highest BCUT2D eigenvalue weighted by Crippen LogP contribution is 2.24. The Morgan fingerprint density at radius 3 is 2.40 bits per heavy atom. The van der Waals surface area contributed by atoms with E-state index in [1.807, 2.05) is 30.3 Å². The predicted octanol–water partition coefficient (Wildman–Crippen LogP) is 3.69. The second kappa shape index (κ2) is 8.02. The van der Waals surface area contributed by atoms with E-state index in [0.29, 0.717) is 6.42 Å². The fourth-order valence-electron chi connectivity index (χ4n) is 3.03. The Hall–Kier alpha value is -1.85. The number of amides is 1. The molecule has 1 saturated heterocycles. The van der Waals surface area contributed by atoms with Crippen LogP contribution in [0.5, 0.6) is 0 Å². The molecular weight excluding hydrogens is 378 g/mol. The number of hydrogen-bond acceptors (Lipinski definition) is 3. The molecule has 0 saturated carbocycles. The maximum absolute atomic E-state index is 12.3. The van der Waals surface area contributed by atoms with E-state index < -0.39 is 0 Å². The fourth-order valence-corrected chi connectivity index (χ4v) is 3.30. The topological polar surface area (TPSA) is 35.6 Å². The van der Waals surface area contributed by atoms with Crippen molar-refractivity contribution < 1.29 is 4.79 Å². The normalized spacial score (nSPS) is 15.2. The molecule has 2 aromatic rings. The van der Waals surface area contributed by atoms with Crippen molar-refractivity contribution in [3.05, 3.63) is 58.1 Å². The van der Waals surface area contributed by atoms with Gasteiger partial charge >= 0.3 is 0 Å². The van der Waals surface area contributed by atoms with E-state index in [0.717, 1.165) is 47.5 Å². The first kappa shape index (κ1) is 18.0. The number of aryl methyl sites for hydroxylation is 1. The van der Waals surface area contributed by atoms with Gasteiger partial charge in [0.1, 0.15) is 0 Å². The van der Waals surface area contributed by atoms with E-state index in [9.17, 15) is 4.79 Å². The molecule has 0 atom stereocenters. The molecule has 25 heavy (non-hydrogen) atoms. The first-order valence-electron chi connectivity index (χ1n) is 8.60. The summed E-state index contributed by atoms with van der Waals surface area (Å²) in [7, 11) is 2.16. The lowest BCUT2D eigenvalue weighted by Gasteiger charge is -2.34. The lowest BCUT2D eigenvalue weighted by atomic mass is 10.1. The van der Waals surface area contributed by atoms with Gasteiger partial charge in [-0.15, -0.1) is 0 Å². The van der Waals surface area contributed by atoms with Crippen molar-refractivity contribution >= 4 is 33.2 Å². The number of anilines is 2. The molecule has 3 rings (SSSR count). The second-order valence-corrected chi connectivity index (χ2v) is 7.56. The first-order chi connectivity index (χ1) is 12.0. The van der Waals surface area contributed by atoms with Crippen LogP contribution in [0.25, 0.3) is 0 Å². The van der Waals surface area contributed by atoms with Crippen LogP contribution in [0.4, 0.5) is 11.4 Å². The van der Waals surface area contributed by atoms with Gasteiger partial charge in [0.05, 0.1) is 6.42 Å². The van der Waals surface area contributed by atoms with Crippen molar-refractivity contribution in [3.8, 4) is 0 Å².